The normalized spacial score (nSPS) is 18.2. The van der Waals surface area contributed by atoms with Gasteiger partial charge in [0, 0.05) is 31.3 Å². The minimum atomic E-state index is -0.103. The molecule has 21 heavy (non-hydrogen) atoms. The number of fused-ring (bicyclic) bond motifs is 1. The van der Waals surface area contributed by atoms with E-state index in [0.717, 1.165) is 41.8 Å². The van der Waals surface area contributed by atoms with Crippen molar-refractivity contribution in [1.82, 2.24) is 10.3 Å². The number of anilines is 1. The molecular formula is C15H19N3O2S. The molecular weight excluding hydrogens is 286 g/mol. The highest BCUT2D eigenvalue weighted by Crippen LogP contribution is 2.34. The number of aromatic nitrogens is 1. The smallest absolute Gasteiger partial charge is 0.263 e. The molecule has 1 unspecified atom stereocenters. The summed E-state index contributed by atoms with van der Waals surface area (Å²) in [7, 11) is 0. The third kappa shape index (κ3) is 2.87. The van der Waals surface area contributed by atoms with E-state index >= 15 is 0 Å². The number of thiophene rings is 1. The van der Waals surface area contributed by atoms with E-state index in [1.807, 2.05) is 13.0 Å². The molecule has 1 atom stereocenters. The molecule has 0 radical (unpaired) electrons. The van der Waals surface area contributed by atoms with Crippen LogP contribution in [0, 0.1) is 12.8 Å². The molecule has 5 nitrogen and oxygen atoms in total. The molecule has 0 bridgehead atoms. The number of amides is 1. The van der Waals surface area contributed by atoms with Gasteiger partial charge < -0.3 is 15.8 Å². The zero-order valence-corrected chi connectivity index (χ0v) is 12.8. The number of nitrogen functional groups attached to an aromatic ring is 1. The van der Waals surface area contributed by atoms with E-state index in [-0.39, 0.29) is 5.91 Å². The standard InChI is InChI=1S/C15H19N3O2S/c1-9-2-5-18-15-11(9)12(16)13(21-15)14(19)17-6-3-10-4-7-20-8-10/h2,5,10H,3-4,6-8,16H2,1H3,(H,17,19). The van der Waals surface area contributed by atoms with Gasteiger partial charge in [-0.2, -0.15) is 0 Å². The number of pyridine rings is 1. The minimum Gasteiger partial charge on any atom is -0.397 e. The predicted octanol–water partition coefficient (Wildman–Crippen LogP) is 2.34. The molecule has 0 saturated carbocycles. The fourth-order valence-electron chi connectivity index (χ4n) is 2.65. The first-order chi connectivity index (χ1) is 10.2. The summed E-state index contributed by atoms with van der Waals surface area (Å²) in [5.74, 6) is 0.461. The molecule has 2 aromatic rings. The summed E-state index contributed by atoms with van der Waals surface area (Å²) in [5, 5.41) is 3.86. The summed E-state index contributed by atoms with van der Waals surface area (Å²) in [4.78, 5) is 18.0. The van der Waals surface area contributed by atoms with Crippen LogP contribution in [0.1, 0.15) is 28.1 Å². The van der Waals surface area contributed by atoms with E-state index in [1.54, 1.807) is 6.20 Å². The largest absolute Gasteiger partial charge is 0.397 e. The van der Waals surface area contributed by atoms with E-state index in [0.29, 0.717) is 23.0 Å². The lowest BCUT2D eigenvalue weighted by atomic mass is 10.1. The van der Waals surface area contributed by atoms with E-state index in [2.05, 4.69) is 10.3 Å². The number of carbonyl (C=O) groups is 1. The van der Waals surface area contributed by atoms with Crippen LogP contribution in [-0.2, 0) is 4.74 Å². The highest BCUT2D eigenvalue weighted by atomic mass is 32.1. The van der Waals surface area contributed by atoms with Gasteiger partial charge in [-0.1, -0.05) is 0 Å². The first-order valence-corrected chi connectivity index (χ1v) is 7.98. The van der Waals surface area contributed by atoms with Crippen LogP contribution >= 0.6 is 11.3 Å². The molecule has 1 aliphatic rings. The first kappa shape index (κ1) is 14.3. The highest BCUT2D eigenvalue weighted by molar-refractivity contribution is 7.21. The fourth-order valence-corrected chi connectivity index (χ4v) is 3.71. The molecule has 6 heteroatoms. The van der Waals surface area contributed by atoms with Crippen molar-refractivity contribution in [3.8, 4) is 0 Å². The lowest BCUT2D eigenvalue weighted by Crippen LogP contribution is -2.26. The summed E-state index contributed by atoms with van der Waals surface area (Å²) in [6.45, 7) is 4.29. The van der Waals surface area contributed by atoms with Crippen molar-refractivity contribution in [2.75, 3.05) is 25.5 Å². The van der Waals surface area contributed by atoms with E-state index < -0.39 is 0 Å². The second kappa shape index (κ2) is 5.99. The van der Waals surface area contributed by atoms with Gasteiger partial charge in [0.15, 0.2) is 0 Å². The summed E-state index contributed by atoms with van der Waals surface area (Å²) in [5.41, 5.74) is 7.72. The third-order valence-corrected chi connectivity index (χ3v) is 5.02. The Kier molecular flexibility index (Phi) is 4.07. The van der Waals surface area contributed by atoms with Gasteiger partial charge in [-0.05, 0) is 37.3 Å². The minimum absolute atomic E-state index is 0.103. The van der Waals surface area contributed by atoms with Crippen molar-refractivity contribution in [1.29, 1.82) is 0 Å². The lowest BCUT2D eigenvalue weighted by Gasteiger charge is -2.08. The maximum Gasteiger partial charge on any atom is 0.263 e. The molecule has 1 amide bonds. The van der Waals surface area contributed by atoms with Crippen molar-refractivity contribution >= 4 is 33.1 Å². The average Bonchev–Trinajstić information content (AvgIpc) is 3.08. The average molecular weight is 305 g/mol. The molecule has 0 aliphatic carbocycles. The molecule has 3 N–H and O–H groups in total. The number of ether oxygens (including phenoxy) is 1. The van der Waals surface area contributed by atoms with Crippen LogP contribution in [0.3, 0.4) is 0 Å². The van der Waals surface area contributed by atoms with E-state index in [1.165, 1.54) is 11.3 Å². The number of rotatable bonds is 4. The summed E-state index contributed by atoms with van der Waals surface area (Å²) in [6, 6.07) is 1.91. The Morgan fingerprint density at radius 2 is 2.48 bits per heavy atom. The van der Waals surface area contributed by atoms with Crippen molar-refractivity contribution in [3.63, 3.8) is 0 Å². The van der Waals surface area contributed by atoms with Gasteiger partial charge in [-0.15, -0.1) is 11.3 Å². The van der Waals surface area contributed by atoms with Crippen LogP contribution in [-0.4, -0.2) is 30.6 Å². The van der Waals surface area contributed by atoms with Crippen LogP contribution < -0.4 is 11.1 Å². The van der Waals surface area contributed by atoms with E-state index in [4.69, 9.17) is 10.5 Å². The molecule has 112 valence electrons. The molecule has 1 aliphatic heterocycles. The van der Waals surface area contributed by atoms with Crippen LogP contribution in [0.5, 0.6) is 0 Å². The Morgan fingerprint density at radius 3 is 3.19 bits per heavy atom. The Hall–Kier alpha value is -1.66. The Balaban J connectivity index is 1.69. The van der Waals surface area contributed by atoms with Crippen LogP contribution in [0.15, 0.2) is 12.3 Å². The summed E-state index contributed by atoms with van der Waals surface area (Å²) < 4.78 is 5.33. The van der Waals surface area contributed by atoms with Crippen LogP contribution in [0.2, 0.25) is 0 Å². The zero-order valence-electron chi connectivity index (χ0n) is 12.0. The number of nitrogens with two attached hydrogens (primary N) is 1. The Labute approximate surface area is 127 Å². The third-order valence-electron chi connectivity index (χ3n) is 3.91. The Morgan fingerprint density at radius 1 is 1.62 bits per heavy atom. The number of nitrogens with zero attached hydrogens (tertiary/aromatic N) is 1. The number of carbonyl (C=O) groups excluding carboxylic acids is 1. The molecule has 2 aromatic heterocycles. The lowest BCUT2D eigenvalue weighted by molar-refractivity contribution is 0.0955. The van der Waals surface area contributed by atoms with Crippen molar-refractivity contribution in [2.24, 2.45) is 5.92 Å². The summed E-state index contributed by atoms with van der Waals surface area (Å²) in [6.07, 6.45) is 3.78. The number of hydrogen-bond donors (Lipinski definition) is 2. The number of hydrogen-bond acceptors (Lipinski definition) is 5. The monoisotopic (exact) mass is 305 g/mol. The molecule has 1 fully saturated rings. The van der Waals surface area contributed by atoms with Gasteiger partial charge >= 0.3 is 0 Å². The highest BCUT2D eigenvalue weighted by Gasteiger charge is 2.19. The quantitative estimate of drug-likeness (QED) is 0.909. The van der Waals surface area contributed by atoms with Crippen LogP contribution in [0.4, 0.5) is 5.69 Å². The summed E-state index contributed by atoms with van der Waals surface area (Å²) >= 11 is 1.36. The van der Waals surface area contributed by atoms with Gasteiger partial charge in [0.1, 0.15) is 9.71 Å². The molecule has 0 spiro atoms. The van der Waals surface area contributed by atoms with Gasteiger partial charge in [0.05, 0.1) is 5.69 Å². The topological polar surface area (TPSA) is 77.2 Å². The maximum absolute atomic E-state index is 12.3. The second-order valence-electron chi connectivity index (χ2n) is 5.43. The van der Waals surface area contributed by atoms with Crippen molar-refractivity contribution < 1.29 is 9.53 Å². The Bertz CT molecular complexity index is 662. The first-order valence-electron chi connectivity index (χ1n) is 7.16. The maximum atomic E-state index is 12.3. The van der Waals surface area contributed by atoms with Crippen LogP contribution in [0.25, 0.3) is 10.2 Å². The molecule has 1 saturated heterocycles. The number of aryl methyl sites for hydroxylation is 1. The van der Waals surface area contributed by atoms with Gasteiger partial charge in [0.25, 0.3) is 5.91 Å². The van der Waals surface area contributed by atoms with Gasteiger partial charge in [-0.25, -0.2) is 4.98 Å². The second-order valence-corrected chi connectivity index (χ2v) is 6.43. The fraction of sp³-hybridized carbons (Fsp3) is 0.467. The molecule has 3 heterocycles. The van der Waals surface area contributed by atoms with Crippen molar-refractivity contribution in [2.45, 2.75) is 19.8 Å². The molecule has 0 aromatic carbocycles. The van der Waals surface area contributed by atoms with Gasteiger partial charge in [-0.3, -0.25) is 4.79 Å². The molecule has 3 rings (SSSR count). The number of nitrogens with one attached hydrogen (secondary N) is 1. The van der Waals surface area contributed by atoms with Crippen molar-refractivity contribution in [3.05, 3.63) is 22.7 Å². The zero-order chi connectivity index (χ0) is 14.8. The predicted molar refractivity (Wildman–Crippen MR) is 84.6 cm³/mol. The SMILES string of the molecule is Cc1ccnc2sc(C(=O)NCCC3CCOC3)c(N)c12. The van der Waals surface area contributed by atoms with Gasteiger partial charge in [0.2, 0.25) is 0 Å². The van der Waals surface area contributed by atoms with E-state index in [9.17, 15) is 4.79 Å².